The van der Waals surface area contributed by atoms with Gasteiger partial charge in [0.25, 0.3) is 0 Å². The first-order valence-electron chi connectivity index (χ1n) is 7.32. The van der Waals surface area contributed by atoms with Gasteiger partial charge in [-0.1, -0.05) is 6.42 Å². The molecule has 6 nitrogen and oxygen atoms in total. The molecule has 3 rings (SSSR count). The Morgan fingerprint density at radius 2 is 2.08 bits per heavy atom. The van der Waals surface area contributed by atoms with Crippen molar-refractivity contribution in [3.63, 3.8) is 0 Å². The molecule has 2 aromatic rings. The fraction of sp³-hybridized carbons (Fsp3) is 0.400. The number of rotatable bonds is 5. The molecule has 2 N–H and O–H groups in total. The van der Waals surface area contributed by atoms with E-state index in [1.165, 1.54) is 35.3 Å². The molecule has 1 amide bonds. The molecule has 0 atom stereocenters. The average Bonchev–Trinajstić information content (AvgIpc) is 2.93. The first-order chi connectivity index (χ1) is 11.3. The second-order valence-electron chi connectivity index (χ2n) is 5.79. The molecule has 9 heteroatoms. The Hall–Kier alpha value is -2.58. The van der Waals surface area contributed by atoms with Crippen molar-refractivity contribution < 1.29 is 22.7 Å². The Morgan fingerprint density at radius 3 is 2.58 bits per heavy atom. The topological polar surface area (TPSA) is 83.0 Å². The summed E-state index contributed by atoms with van der Waals surface area (Å²) in [5, 5.41) is 4.05. The van der Waals surface area contributed by atoms with E-state index in [1.54, 1.807) is 0 Å². The fourth-order valence-electron chi connectivity index (χ4n) is 2.50. The van der Waals surface area contributed by atoms with Gasteiger partial charge in [0.1, 0.15) is 12.0 Å². The zero-order chi connectivity index (χ0) is 17.4. The van der Waals surface area contributed by atoms with Gasteiger partial charge >= 0.3 is 6.18 Å². The van der Waals surface area contributed by atoms with E-state index in [9.17, 15) is 18.0 Å². The minimum Gasteiger partial charge on any atom is -0.476 e. The van der Waals surface area contributed by atoms with Gasteiger partial charge in [0.05, 0.1) is 5.56 Å². The number of hydrogen-bond donors (Lipinski definition) is 1. The number of pyridine rings is 1. The summed E-state index contributed by atoms with van der Waals surface area (Å²) in [6.07, 6.45) is -0.760. The summed E-state index contributed by atoms with van der Waals surface area (Å²) >= 11 is 0. The van der Waals surface area contributed by atoms with Gasteiger partial charge in [-0.25, -0.2) is 9.67 Å². The summed E-state index contributed by atoms with van der Waals surface area (Å²) in [6, 6.07) is 4.48. The van der Waals surface area contributed by atoms with Crippen LogP contribution in [0.3, 0.4) is 0 Å². The summed E-state index contributed by atoms with van der Waals surface area (Å²) in [5.74, 6) is -0.119. The van der Waals surface area contributed by atoms with Gasteiger partial charge in [-0.3, -0.25) is 4.79 Å². The molecule has 0 unspecified atom stereocenters. The maximum absolute atomic E-state index is 13.1. The van der Waals surface area contributed by atoms with Crippen molar-refractivity contribution in [2.45, 2.75) is 25.4 Å². The minimum absolute atomic E-state index is 0.0767. The number of hydrogen-bond acceptors (Lipinski definition) is 4. The highest BCUT2D eigenvalue weighted by molar-refractivity contribution is 5.92. The number of nitrogens with two attached hydrogens (primary N) is 1. The lowest BCUT2D eigenvalue weighted by Crippen LogP contribution is -2.48. The minimum atomic E-state index is -4.28. The lowest BCUT2D eigenvalue weighted by molar-refractivity contribution is -0.259. The van der Waals surface area contributed by atoms with Crippen molar-refractivity contribution in [1.29, 1.82) is 0 Å². The van der Waals surface area contributed by atoms with Crippen LogP contribution in [0.4, 0.5) is 13.2 Å². The SMILES string of the molecule is NC(=O)c1ccc(-n2ccc(OCC3(C(F)(F)F)CCC3)n2)nc1. The molecular formula is C15H15F3N4O2. The van der Waals surface area contributed by atoms with Crippen molar-refractivity contribution >= 4 is 5.91 Å². The molecule has 1 aliphatic rings. The van der Waals surface area contributed by atoms with E-state index in [4.69, 9.17) is 10.5 Å². The van der Waals surface area contributed by atoms with E-state index < -0.39 is 24.1 Å². The second-order valence-corrected chi connectivity index (χ2v) is 5.79. The lowest BCUT2D eigenvalue weighted by atomic mass is 9.69. The molecule has 1 aliphatic carbocycles. The maximum Gasteiger partial charge on any atom is 0.397 e. The lowest BCUT2D eigenvalue weighted by Gasteiger charge is -2.42. The standard InChI is InChI=1S/C15H15F3N4O2/c16-15(17,18)14(5-1-6-14)9-24-12-4-7-22(21-12)11-3-2-10(8-20-11)13(19)23/h2-4,7-8H,1,5-6,9H2,(H2,19,23). The van der Waals surface area contributed by atoms with Gasteiger partial charge in [0.15, 0.2) is 5.82 Å². The van der Waals surface area contributed by atoms with Crippen LogP contribution in [0.1, 0.15) is 29.6 Å². The van der Waals surface area contributed by atoms with Crippen LogP contribution in [-0.4, -0.2) is 33.5 Å². The zero-order valence-electron chi connectivity index (χ0n) is 12.6. The van der Waals surface area contributed by atoms with E-state index in [0.717, 1.165) is 0 Å². The van der Waals surface area contributed by atoms with Crippen molar-refractivity contribution in [3.05, 3.63) is 36.2 Å². The second kappa shape index (κ2) is 5.81. The highest BCUT2D eigenvalue weighted by Gasteiger charge is 2.58. The van der Waals surface area contributed by atoms with Gasteiger partial charge in [-0.15, -0.1) is 5.10 Å². The van der Waals surface area contributed by atoms with Gasteiger partial charge in [-0.05, 0) is 25.0 Å². The predicted octanol–water partition coefficient (Wildman–Crippen LogP) is 2.48. The zero-order valence-corrected chi connectivity index (χ0v) is 12.6. The highest BCUT2D eigenvalue weighted by Crippen LogP contribution is 2.53. The molecule has 0 aromatic carbocycles. The van der Waals surface area contributed by atoms with Crippen LogP contribution in [0, 0.1) is 5.41 Å². The predicted molar refractivity (Wildman–Crippen MR) is 77.7 cm³/mol. The molecule has 0 radical (unpaired) electrons. The molecule has 0 spiro atoms. The summed E-state index contributed by atoms with van der Waals surface area (Å²) in [5.41, 5.74) is 3.61. The van der Waals surface area contributed by atoms with Crippen LogP contribution >= 0.6 is 0 Å². The van der Waals surface area contributed by atoms with E-state index in [2.05, 4.69) is 10.1 Å². The largest absolute Gasteiger partial charge is 0.476 e. The molecule has 1 saturated carbocycles. The van der Waals surface area contributed by atoms with Crippen molar-refractivity contribution in [2.75, 3.05) is 6.61 Å². The number of aromatic nitrogens is 3. The highest BCUT2D eigenvalue weighted by atomic mass is 19.4. The molecule has 0 bridgehead atoms. The number of primary amides is 1. The van der Waals surface area contributed by atoms with Gasteiger partial charge in [-0.2, -0.15) is 13.2 Å². The van der Waals surface area contributed by atoms with Crippen LogP contribution < -0.4 is 10.5 Å². The maximum atomic E-state index is 13.1. The third-order valence-electron chi connectivity index (χ3n) is 4.24. The van der Waals surface area contributed by atoms with E-state index in [-0.39, 0.29) is 24.3 Å². The fourth-order valence-corrected chi connectivity index (χ4v) is 2.50. The quantitative estimate of drug-likeness (QED) is 0.906. The van der Waals surface area contributed by atoms with Gasteiger partial charge in [0, 0.05) is 18.5 Å². The molecular weight excluding hydrogens is 325 g/mol. The smallest absolute Gasteiger partial charge is 0.397 e. The first kappa shape index (κ1) is 16.3. The van der Waals surface area contributed by atoms with E-state index >= 15 is 0 Å². The van der Waals surface area contributed by atoms with Crippen LogP contribution in [0.5, 0.6) is 5.88 Å². The van der Waals surface area contributed by atoms with Crippen LogP contribution in [0.15, 0.2) is 30.6 Å². The number of amides is 1. The van der Waals surface area contributed by atoms with E-state index in [0.29, 0.717) is 12.2 Å². The number of nitrogens with zero attached hydrogens (tertiary/aromatic N) is 3. The molecule has 2 heterocycles. The Labute approximate surface area is 135 Å². The third kappa shape index (κ3) is 2.93. The summed E-state index contributed by atoms with van der Waals surface area (Å²) in [7, 11) is 0. The molecule has 2 aromatic heterocycles. The molecule has 0 saturated heterocycles. The number of halogens is 3. The number of ether oxygens (including phenoxy) is 1. The monoisotopic (exact) mass is 340 g/mol. The third-order valence-corrected chi connectivity index (χ3v) is 4.24. The Morgan fingerprint density at radius 1 is 1.33 bits per heavy atom. The summed E-state index contributed by atoms with van der Waals surface area (Å²) in [4.78, 5) is 15.0. The van der Waals surface area contributed by atoms with Crippen molar-refractivity contribution in [2.24, 2.45) is 11.1 Å². The summed E-state index contributed by atoms with van der Waals surface area (Å²) < 4.78 is 45.8. The molecule has 24 heavy (non-hydrogen) atoms. The Bertz CT molecular complexity index is 736. The Balaban J connectivity index is 1.68. The van der Waals surface area contributed by atoms with Crippen LogP contribution in [0.2, 0.25) is 0 Å². The molecule has 1 fully saturated rings. The van der Waals surface area contributed by atoms with Gasteiger partial charge in [0.2, 0.25) is 11.8 Å². The van der Waals surface area contributed by atoms with Crippen molar-refractivity contribution in [3.8, 4) is 11.7 Å². The molecule has 128 valence electrons. The van der Waals surface area contributed by atoms with Gasteiger partial charge < -0.3 is 10.5 Å². The average molecular weight is 340 g/mol. The normalized spacial score (nSPS) is 16.5. The number of alkyl halides is 3. The number of carbonyl (C=O) groups excluding carboxylic acids is 1. The van der Waals surface area contributed by atoms with Crippen molar-refractivity contribution in [1.82, 2.24) is 14.8 Å². The summed E-state index contributed by atoms with van der Waals surface area (Å²) in [6.45, 7) is -0.443. The molecule has 0 aliphatic heterocycles. The Kier molecular flexibility index (Phi) is 3.94. The van der Waals surface area contributed by atoms with Crippen LogP contribution in [0.25, 0.3) is 5.82 Å². The first-order valence-corrected chi connectivity index (χ1v) is 7.32. The number of carbonyl (C=O) groups is 1. The van der Waals surface area contributed by atoms with Crippen LogP contribution in [-0.2, 0) is 0 Å². The van der Waals surface area contributed by atoms with E-state index in [1.807, 2.05) is 0 Å².